The van der Waals surface area contributed by atoms with Gasteiger partial charge in [-0.1, -0.05) is 6.07 Å². The molecule has 0 aliphatic rings. The summed E-state index contributed by atoms with van der Waals surface area (Å²) >= 11 is 0. The van der Waals surface area contributed by atoms with Crippen molar-refractivity contribution in [1.82, 2.24) is 4.98 Å². The molecule has 0 atom stereocenters. The van der Waals surface area contributed by atoms with E-state index < -0.39 is 0 Å². The standard InChI is InChI=1S/C12H12FNO2/c1-8-11(5-6-15)14-12(16-8)9-3-2-4-10(13)7-9/h2-4,7,15H,5-6H2,1H3. The minimum absolute atomic E-state index is 0.0238. The molecule has 2 aromatic rings. The molecule has 0 unspecified atom stereocenters. The maximum absolute atomic E-state index is 13.0. The van der Waals surface area contributed by atoms with Crippen molar-refractivity contribution in [3.63, 3.8) is 0 Å². The van der Waals surface area contributed by atoms with Crippen molar-refractivity contribution >= 4 is 0 Å². The molecule has 0 aliphatic heterocycles. The number of aliphatic hydroxyl groups excluding tert-OH is 1. The van der Waals surface area contributed by atoms with Crippen LogP contribution in [0.3, 0.4) is 0 Å². The number of rotatable bonds is 3. The molecule has 1 heterocycles. The third kappa shape index (κ3) is 2.12. The van der Waals surface area contributed by atoms with E-state index in [0.717, 1.165) is 0 Å². The van der Waals surface area contributed by atoms with Gasteiger partial charge in [0, 0.05) is 18.6 Å². The van der Waals surface area contributed by atoms with Crippen LogP contribution in [0.1, 0.15) is 11.5 Å². The van der Waals surface area contributed by atoms with Crippen LogP contribution in [-0.2, 0) is 6.42 Å². The van der Waals surface area contributed by atoms with Gasteiger partial charge in [-0.15, -0.1) is 0 Å². The molecular formula is C12H12FNO2. The molecule has 1 aromatic heterocycles. The molecule has 2 rings (SSSR count). The summed E-state index contributed by atoms with van der Waals surface area (Å²) < 4.78 is 18.4. The van der Waals surface area contributed by atoms with Gasteiger partial charge in [0.1, 0.15) is 11.6 Å². The van der Waals surface area contributed by atoms with Crippen molar-refractivity contribution in [2.24, 2.45) is 0 Å². The molecule has 0 radical (unpaired) electrons. The fourth-order valence-corrected chi connectivity index (χ4v) is 1.51. The Labute approximate surface area is 92.6 Å². The lowest BCUT2D eigenvalue weighted by Crippen LogP contribution is -1.92. The molecule has 0 spiro atoms. The van der Waals surface area contributed by atoms with Crippen molar-refractivity contribution in [3.05, 3.63) is 41.5 Å². The number of benzene rings is 1. The summed E-state index contributed by atoms with van der Waals surface area (Å²) in [5.41, 5.74) is 1.31. The second-order valence-electron chi connectivity index (χ2n) is 3.51. The fourth-order valence-electron chi connectivity index (χ4n) is 1.51. The predicted octanol–water partition coefficient (Wildman–Crippen LogP) is 2.32. The van der Waals surface area contributed by atoms with E-state index in [1.54, 1.807) is 19.1 Å². The number of hydrogen-bond acceptors (Lipinski definition) is 3. The van der Waals surface area contributed by atoms with Crippen molar-refractivity contribution in [2.45, 2.75) is 13.3 Å². The summed E-state index contributed by atoms with van der Waals surface area (Å²) in [5.74, 6) is 0.728. The molecule has 16 heavy (non-hydrogen) atoms. The average molecular weight is 221 g/mol. The van der Waals surface area contributed by atoms with Crippen LogP contribution in [-0.4, -0.2) is 16.7 Å². The van der Waals surface area contributed by atoms with Crippen LogP contribution >= 0.6 is 0 Å². The van der Waals surface area contributed by atoms with Gasteiger partial charge in [0.25, 0.3) is 0 Å². The first kappa shape index (κ1) is 10.8. The highest BCUT2D eigenvalue weighted by Crippen LogP contribution is 2.22. The van der Waals surface area contributed by atoms with E-state index in [1.807, 2.05) is 0 Å². The van der Waals surface area contributed by atoms with Crippen LogP contribution in [0.25, 0.3) is 11.5 Å². The molecule has 0 bridgehead atoms. The van der Waals surface area contributed by atoms with E-state index in [1.165, 1.54) is 12.1 Å². The normalized spacial score (nSPS) is 10.7. The minimum atomic E-state index is -0.322. The number of halogens is 1. The minimum Gasteiger partial charge on any atom is -0.441 e. The topological polar surface area (TPSA) is 46.3 Å². The summed E-state index contributed by atoms with van der Waals surface area (Å²) in [4.78, 5) is 4.22. The van der Waals surface area contributed by atoms with Crippen molar-refractivity contribution < 1.29 is 13.9 Å². The molecule has 0 saturated heterocycles. The van der Waals surface area contributed by atoms with Gasteiger partial charge < -0.3 is 9.52 Å². The molecule has 0 amide bonds. The third-order valence-corrected chi connectivity index (χ3v) is 2.31. The van der Waals surface area contributed by atoms with Crippen molar-refractivity contribution in [3.8, 4) is 11.5 Å². The Morgan fingerprint density at radius 3 is 2.94 bits per heavy atom. The number of hydrogen-bond donors (Lipinski definition) is 1. The summed E-state index contributed by atoms with van der Waals surface area (Å²) in [6.45, 7) is 1.80. The van der Waals surface area contributed by atoms with Gasteiger partial charge in [0.05, 0.1) is 5.69 Å². The molecule has 0 fully saturated rings. The number of aliphatic hydroxyl groups is 1. The maximum atomic E-state index is 13.0. The van der Waals surface area contributed by atoms with Gasteiger partial charge in [0.2, 0.25) is 5.89 Å². The van der Waals surface area contributed by atoms with Crippen LogP contribution in [0.4, 0.5) is 4.39 Å². The molecule has 84 valence electrons. The molecule has 3 nitrogen and oxygen atoms in total. The van der Waals surface area contributed by atoms with E-state index in [9.17, 15) is 4.39 Å². The molecular weight excluding hydrogens is 209 g/mol. The van der Waals surface area contributed by atoms with E-state index in [-0.39, 0.29) is 12.4 Å². The SMILES string of the molecule is Cc1oc(-c2cccc(F)c2)nc1CCO. The van der Waals surface area contributed by atoms with Crippen LogP contribution in [0.2, 0.25) is 0 Å². The second kappa shape index (κ2) is 4.45. The average Bonchev–Trinajstić information content (AvgIpc) is 2.61. The zero-order valence-electron chi connectivity index (χ0n) is 8.90. The Balaban J connectivity index is 2.37. The van der Waals surface area contributed by atoms with E-state index >= 15 is 0 Å². The van der Waals surface area contributed by atoms with Gasteiger partial charge in [-0.25, -0.2) is 9.37 Å². The zero-order valence-corrected chi connectivity index (χ0v) is 8.90. The first-order chi connectivity index (χ1) is 7.70. The van der Waals surface area contributed by atoms with Crippen LogP contribution in [0.5, 0.6) is 0 Å². The first-order valence-electron chi connectivity index (χ1n) is 5.04. The number of aryl methyl sites for hydroxylation is 1. The smallest absolute Gasteiger partial charge is 0.226 e. The molecule has 1 aromatic carbocycles. The Bertz CT molecular complexity index is 494. The lowest BCUT2D eigenvalue weighted by molar-refractivity contribution is 0.297. The Kier molecular flexibility index (Phi) is 3.01. The van der Waals surface area contributed by atoms with Gasteiger partial charge >= 0.3 is 0 Å². The quantitative estimate of drug-likeness (QED) is 0.865. The Hall–Kier alpha value is -1.68. The van der Waals surface area contributed by atoms with Crippen LogP contribution < -0.4 is 0 Å². The van der Waals surface area contributed by atoms with E-state index in [0.29, 0.717) is 29.3 Å². The Morgan fingerprint density at radius 2 is 2.25 bits per heavy atom. The number of aromatic nitrogens is 1. The van der Waals surface area contributed by atoms with Gasteiger partial charge in [-0.3, -0.25) is 0 Å². The largest absolute Gasteiger partial charge is 0.441 e. The van der Waals surface area contributed by atoms with Gasteiger partial charge in [-0.05, 0) is 25.1 Å². The van der Waals surface area contributed by atoms with Gasteiger partial charge in [-0.2, -0.15) is 0 Å². The Morgan fingerprint density at radius 1 is 1.44 bits per heavy atom. The van der Waals surface area contributed by atoms with Crippen LogP contribution in [0.15, 0.2) is 28.7 Å². The molecule has 4 heteroatoms. The summed E-state index contributed by atoms with van der Waals surface area (Å²) in [6, 6.07) is 6.08. The number of oxazole rings is 1. The van der Waals surface area contributed by atoms with E-state index in [2.05, 4.69) is 4.98 Å². The molecule has 1 N–H and O–H groups in total. The predicted molar refractivity (Wildman–Crippen MR) is 57.4 cm³/mol. The van der Waals surface area contributed by atoms with Crippen molar-refractivity contribution in [2.75, 3.05) is 6.61 Å². The molecule has 0 aliphatic carbocycles. The van der Waals surface area contributed by atoms with Crippen molar-refractivity contribution in [1.29, 1.82) is 0 Å². The summed E-state index contributed by atoms with van der Waals surface area (Å²) in [7, 11) is 0. The summed E-state index contributed by atoms with van der Waals surface area (Å²) in [6.07, 6.45) is 0.449. The third-order valence-electron chi connectivity index (χ3n) is 2.31. The lowest BCUT2D eigenvalue weighted by atomic mass is 10.2. The lowest BCUT2D eigenvalue weighted by Gasteiger charge is -1.94. The monoisotopic (exact) mass is 221 g/mol. The first-order valence-corrected chi connectivity index (χ1v) is 5.04. The highest BCUT2D eigenvalue weighted by atomic mass is 19.1. The van der Waals surface area contributed by atoms with Crippen LogP contribution in [0, 0.1) is 12.7 Å². The van der Waals surface area contributed by atoms with Gasteiger partial charge in [0.15, 0.2) is 0 Å². The van der Waals surface area contributed by atoms with E-state index in [4.69, 9.17) is 9.52 Å². The second-order valence-corrected chi connectivity index (χ2v) is 3.51. The highest BCUT2D eigenvalue weighted by Gasteiger charge is 2.11. The fraction of sp³-hybridized carbons (Fsp3) is 0.250. The zero-order chi connectivity index (χ0) is 11.5. The summed E-state index contributed by atoms with van der Waals surface area (Å²) in [5, 5.41) is 8.83. The molecule has 0 saturated carbocycles. The maximum Gasteiger partial charge on any atom is 0.226 e. The number of nitrogens with zero attached hydrogens (tertiary/aromatic N) is 1. The highest BCUT2D eigenvalue weighted by molar-refractivity contribution is 5.53.